The van der Waals surface area contributed by atoms with Crippen LogP contribution in [0.1, 0.15) is 22.3 Å². The van der Waals surface area contributed by atoms with Crippen LogP contribution in [0.5, 0.6) is 0 Å². The van der Waals surface area contributed by atoms with E-state index in [1.165, 1.54) is 0 Å². The number of carbonyl (C=O) groups is 2. The molecule has 0 spiro atoms. The molecule has 1 heterocycles. The Bertz CT molecular complexity index is 1240. The van der Waals surface area contributed by atoms with E-state index in [-0.39, 0.29) is 11.5 Å². The summed E-state index contributed by atoms with van der Waals surface area (Å²) < 4.78 is 2.03. The number of hydrogen-bond donors (Lipinski definition) is 1. The maximum Gasteiger partial charge on any atom is 0.335 e. The summed E-state index contributed by atoms with van der Waals surface area (Å²) in [4.78, 5) is 30.5. The number of imidazole rings is 1. The van der Waals surface area contributed by atoms with Crippen molar-refractivity contribution in [2.75, 3.05) is 11.9 Å². The Hall–Kier alpha value is -3.93. The summed E-state index contributed by atoms with van der Waals surface area (Å²) in [5, 5.41) is 9.17. The minimum absolute atomic E-state index is 0.00679. The third-order valence-electron chi connectivity index (χ3n) is 5.36. The number of amides is 1. The number of aryl methyl sites for hydroxylation is 2. The fraction of sp³-hybridized carbons (Fsp3) is 0.160. The fourth-order valence-electron chi connectivity index (χ4n) is 3.62. The number of hydrogen-bond acceptors (Lipinski definition) is 3. The highest BCUT2D eigenvalue weighted by Gasteiger charge is 2.16. The highest BCUT2D eigenvalue weighted by molar-refractivity contribution is 5.93. The van der Waals surface area contributed by atoms with Gasteiger partial charge in [-0.1, -0.05) is 36.4 Å². The van der Waals surface area contributed by atoms with Crippen LogP contribution in [0.2, 0.25) is 0 Å². The summed E-state index contributed by atoms with van der Waals surface area (Å²) in [5.74, 6) is -0.245. The van der Waals surface area contributed by atoms with Crippen molar-refractivity contribution in [1.29, 1.82) is 0 Å². The van der Waals surface area contributed by atoms with Gasteiger partial charge < -0.3 is 14.6 Å². The summed E-state index contributed by atoms with van der Waals surface area (Å²) in [7, 11) is 1.78. The molecule has 0 saturated carbocycles. The van der Waals surface area contributed by atoms with Crippen LogP contribution in [0, 0.1) is 6.92 Å². The van der Waals surface area contributed by atoms with Crippen LogP contribution in [0.3, 0.4) is 0 Å². The second-order valence-electron chi connectivity index (χ2n) is 7.50. The van der Waals surface area contributed by atoms with Crippen LogP contribution in [-0.4, -0.2) is 33.6 Å². The lowest BCUT2D eigenvalue weighted by Crippen LogP contribution is -2.27. The topological polar surface area (TPSA) is 75.4 Å². The van der Waals surface area contributed by atoms with Gasteiger partial charge in [-0.05, 0) is 48.9 Å². The molecule has 0 aliphatic rings. The highest BCUT2D eigenvalue weighted by atomic mass is 16.4. The number of nitrogens with zero attached hydrogens (tertiary/aromatic N) is 3. The van der Waals surface area contributed by atoms with E-state index in [0.717, 1.165) is 27.8 Å². The zero-order valence-electron chi connectivity index (χ0n) is 17.4. The molecule has 1 aromatic heterocycles. The number of benzene rings is 3. The van der Waals surface area contributed by atoms with Crippen molar-refractivity contribution >= 4 is 28.6 Å². The normalized spacial score (nSPS) is 10.9. The Labute approximate surface area is 180 Å². The summed E-state index contributed by atoms with van der Waals surface area (Å²) >= 11 is 0. The smallest absolute Gasteiger partial charge is 0.335 e. The Morgan fingerprint density at radius 1 is 1.00 bits per heavy atom. The Morgan fingerprint density at radius 3 is 2.39 bits per heavy atom. The van der Waals surface area contributed by atoms with E-state index >= 15 is 0 Å². The van der Waals surface area contributed by atoms with Crippen molar-refractivity contribution in [3.05, 3.63) is 83.9 Å². The van der Waals surface area contributed by atoms with E-state index in [1.807, 2.05) is 60.0 Å². The van der Waals surface area contributed by atoms with Gasteiger partial charge in [-0.25, -0.2) is 9.78 Å². The summed E-state index contributed by atoms with van der Waals surface area (Å²) in [6, 6.07) is 22.2. The third kappa shape index (κ3) is 4.19. The lowest BCUT2D eigenvalue weighted by Gasteiger charge is -2.18. The first-order chi connectivity index (χ1) is 14.9. The second-order valence-corrected chi connectivity index (χ2v) is 7.50. The van der Waals surface area contributed by atoms with Gasteiger partial charge in [0.2, 0.25) is 5.91 Å². The van der Waals surface area contributed by atoms with Crippen LogP contribution >= 0.6 is 0 Å². The Morgan fingerprint density at radius 2 is 1.71 bits per heavy atom. The van der Waals surface area contributed by atoms with Gasteiger partial charge in [0, 0.05) is 31.3 Å². The van der Waals surface area contributed by atoms with Crippen LogP contribution in [0.4, 0.5) is 5.69 Å². The summed E-state index contributed by atoms with van der Waals surface area (Å²) in [5.41, 5.74) is 4.77. The lowest BCUT2D eigenvalue weighted by molar-refractivity contribution is -0.118. The predicted molar refractivity (Wildman–Crippen MR) is 121 cm³/mol. The van der Waals surface area contributed by atoms with Crippen LogP contribution in [0.25, 0.3) is 22.4 Å². The SMILES string of the molecule is Cc1ccc2c(c1)nc(-c1ccc(C(=O)O)cc1)n2CCC(=O)N(C)c1ccccc1. The molecule has 156 valence electrons. The van der Waals surface area contributed by atoms with E-state index in [1.54, 1.807) is 36.2 Å². The standard InChI is InChI=1S/C25H23N3O3/c1-17-8-13-22-21(16-17)26-24(18-9-11-19(12-10-18)25(30)31)28(22)15-14-23(29)27(2)20-6-4-3-5-7-20/h3-13,16H,14-15H2,1-2H3,(H,30,31). The largest absolute Gasteiger partial charge is 0.478 e. The first-order valence-electron chi connectivity index (χ1n) is 10.1. The molecule has 0 fully saturated rings. The molecule has 1 amide bonds. The molecule has 6 nitrogen and oxygen atoms in total. The van der Waals surface area contributed by atoms with Crippen LogP contribution in [0.15, 0.2) is 72.8 Å². The molecule has 6 heteroatoms. The highest BCUT2D eigenvalue weighted by Crippen LogP contribution is 2.26. The van der Waals surface area contributed by atoms with Gasteiger partial charge in [-0.2, -0.15) is 0 Å². The van der Waals surface area contributed by atoms with Crippen molar-refractivity contribution in [1.82, 2.24) is 9.55 Å². The monoisotopic (exact) mass is 413 g/mol. The minimum atomic E-state index is -0.967. The van der Waals surface area contributed by atoms with E-state index in [0.29, 0.717) is 18.8 Å². The number of aromatic nitrogens is 2. The maximum absolute atomic E-state index is 12.8. The number of fused-ring (bicyclic) bond motifs is 1. The maximum atomic E-state index is 12.8. The first-order valence-corrected chi connectivity index (χ1v) is 10.1. The Kier molecular flexibility index (Phi) is 5.54. The van der Waals surface area contributed by atoms with Gasteiger partial charge in [0.1, 0.15) is 5.82 Å². The molecule has 3 aromatic carbocycles. The second kappa shape index (κ2) is 8.44. The van der Waals surface area contributed by atoms with E-state index in [9.17, 15) is 14.7 Å². The number of anilines is 1. The first kappa shape index (κ1) is 20.3. The molecule has 4 rings (SSSR count). The number of carboxylic acid groups (broad SMARTS) is 1. The van der Waals surface area contributed by atoms with Crippen molar-refractivity contribution in [2.45, 2.75) is 19.9 Å². The van der Waals surface area contributed by atoms with Crippen molar-refractivity contribution in [3.8, 4) is 11.4 Å². The molecule has 0 radical (unpaired) electrons. The average Bonchev–Trinajstić information content (AvgIpc) is 3.15. The van der Waals surface area contributed by atoms with Gasteiger partial charge in [0.15, 0.2) is 0 Å². The Balaban J connectivity index is 1.66. The molecule has 0 bridgehead atoms. The number of carbonyl (C=O) groups excluding carboxylic acids is 1. The average molecular weight is 413 g/mol. The van der Waals surface area contributed by atoms with Crippen molar-refractivity contribution in [3.63, 3.8) is 0 Å². The van der Waals surface area contributed by atoms with Gasteiger partial charge >= 0.3 is 5.97 Å². The molecule has 0 aliphatic heterocycles. The number of para-hydroxylation sites is 1. The molecule has 4 aromatic rings. The van der Waals surface area contributed by atoms with E-state index in [2.05, 4.69) is 0 Å². The van der Waals surface area contributed by atoms with Gasteiger partial charge in [0.05, 0.1) is 16.6 Å². The molecule has 0 unspecified atom stereocenters. The zero-order valence-corrected chi connectivity index (χ0v) is 17.4. The van der Waals surface area contributed by atoms with Gasteiger partial charge in [0.25, 0.3) is 0 Å². The molecule has 0 saturated heterocycles. The molecular weight excluding hydrogens is 390 g/mol. The predicted octanol–water partition coefficient (Wildman–Crippen LogP) is 4.76. The zero-order chi connectivity index (χ0) is 22.0. The van der Waals surface area contributed by atoms with Gasteiger partial charge in [-0.3, -0.25) is 4.79 Å². The van der Waals surface area contributed by atoms with Gasteiger partial charge in [-0.15, -0.1) is 0 Å². The molecule has 0 atom stereocenters. The van der Waals surface area contributed by atoms with E-state index in [4.69, 9.17) is 4.98 Å². The number of rotatable bonds is 6. The number of carboxylic acids is 1. The van der Waals surface area contributed by atoms with Crippen molar-refractivity contribution < 1.29 is 14.7 Å². The van der Waals surface area contributed by atoms with E-state index < -0.39 is 5.97 Å². The quantitative estimate of drug-likeness (QED) is 0.494. The lowest BCUT2D eigenvalue weighted by atomic mass is 10.1. The van der Waals surface area contributed by atoms with Crippen molar-refractivity contribution in [2.24, 2.45) is 0 Å². The fourth-order valence-corrected chi connectivity index (χ4v) is 3.62. The molecule has 1 N–H and O–H groups in total. The van der Waals surface area contributed by atoms with Crippen LogP contribution < -0.4 is 4.90 Å². The molecular formula is C25H23N3O3. The molecule has 31 heavy (non-hydrogen) atoms. The summed E-state index contributed by atoms with van der Waals surface area (Å²) in [6.07, 6.45) is 0.310. The molecule has 0 aliphatic carbocycles. The van der Waals surface area contributed by atoms with Crippen LogP contribution in [-0.2, 0) is 11.3 Å². The number of aromatic carboxylic acids is 1. The summed E-state index contributed by atoms with van der Waals surface area (Å²) in [6.45, 7) is 2.48. The minimum Gasteiger partial charge on any atom is -0.478 e. The third-order valence-corrected chi connectivity index (χ3v) is 5.36.